The van der Waals surface area contributed by atoms with Crippen LogP contribution in [0.25, 0.3) is 0 Å². The van der Waals surface area contributed by atoms with Crippen LogP contribution in [0.1, 0.15) is 16.1 Å². The van der Waals surface area contributed by atoms with Crippen molar-refractivity contribution in [3.8, 4) is 0 Å². The number of rotatable bonds is 3. The van der Waals surface area contributed by atoms with Crippen molar-refractivity contribution < 1.29 is 23.1 Å². The number of aromatic carboxylic acids is 1. The Kier molecular flexibility index (Phi) is 3.60. The van der Waals surface area contributed by atoms with Gasteiger partial charge in [0.2, 0.25) is 0 Å². The number of benzene rings is 1. The van der Waals surface area contributed by atoms with Crippen LogP contribution >= 0.6 is 0 Å². The Hall–Kier alpha value is -2.57. The van der Waals surface area contributed by atoms with E-state index in [1.165, 1.54) is 19.1 Å². The van der Waals surface area contributed by atoms with Crippen molar-refractivity contribution in [3.63, 3.8) is 0 Å². The fraction of sp³-hybridized carbons (Fsp3) is 0.0769. The SMILES string of the molecule is Cc1nc(Nc2ccc(F)c(F)c2F)ccc1C(=O)O. The van der Waals surface area contributed by atoms with Crippen LogP contribution in [0.3, 0.4) is 0 Å². The van der Waals surface area contributed by atoms with E-state index in [1.807, 2.05) is 0 Å². The molecule has 0 saturated heterocycles. The van der Waals surface area contributed by atoms with Gasteiger partial charge in [-0.25, -0.2) is 22.9 Å². The number of nitrogens with zero attached hydrogens (tertiary/aromatic N) is 1. The average molecular weight is 282 g/mol. The van der Waals surface area contributed by atoms with Crippen LogP contribution in [0, 0.1) is 24.4 Å². The molecule has 1 aromatic heterocycles. The van der Waals surface area contributed by atoms with E-state index in [9.17, 15) is 18.0 Å². The summed E-state index contributed by atoms with van der Waals surface area (Å²) in [6.07, 6.45) is 0. The molecular formula is C13H9F3N2O2. The lowest BCUT2D eigenvalue weighted by Gasteiger charge is -2.09. The topological polar surface area (TPSA) is 62.2 Å². The maximum absolute atomic E-state index is 13.5. The van der Waals surface area contributed by atoms with Crippen molar-refractivity contribution in [3.05, 3.63) is 53.0 Å². The molecule has 0 unspecified atom stereocenters. The third kappa shape index (κ3) is 2.56. The molecule has 2 aromatic rings. The molecule has 0 amide bonds. The third-order valence-electron chi connectivity index (χ3n) is 2.61. The largest absolute Gasteiger partial charge is 0.478 e. The van der Waals surface area contributed by atoms with E-state index in [-0.39, 0.29) is 22.8 Å². The summed E-state index contributed by atoms with van der Waals surface area (Å²) in [5, 5.41) is 11.3. The molecular weight excluding hydrogens is 273 g/mol. The Morgan fingerprint density at radius 2 is 1.85 bits per heavy atom. The number of hydrogen-bond acceptors (Lipinski definition) is 3. The number of aryl methyl sites for hydroxylation is 1. The number of carboxylic acid groups (broad SMARTS) is 1. The Morgan fingerprint density at radius 1 is 1.15 bits per heavy atom. The van der Waals surface area contributed by atoms with Gasteiger partial charge in [0.15, 0.2) is 17.5 Å². The maximum Gasteiger partial charge on any atom is 0.337 e. The van der Waals surface area contributed by atoms with Crippen LogP contribution in [-0.4, -0.2) is 16.1 Å². The van der Waals surface area contributed by atoms with E-state index >= 15 is 0 Å². The minimum atomic E-state index is -1.59. The molecule has 0 aliphatic carbocycles. The second kappa shape index (κ2) is 5.20. The van der Waals surface area contributed by atoms with Gasteiger partial charge in [0.05, 0.1) is 16.9 Å². The van der Waals surface area contributed by atoms with Crippen molar-refractivity contribution >= 4 is 17.5 Å². The van der Waals surface area contributed by atoms with Gasteiger partial charge in [0.25, 0.3) is 0 Å². The normalized spacial score (nSPS) is 10.4. The third-order valence-corrected chi connectivity index (χ3v) is 2.61. The van der Waals surface area contributed by atoms with Gasteiger partial charge >= 0.3 is 5.97 Å². The smallest absolute Gasteiger partial charge is 0.337 e. The van der Waals surface area contributed by atoms with Gasteiger partial charge in [0, 0.05) is 0 Å². The molecule has 1 heterocycles. The summed E-state index contributed by atoms with van der Waals surface area (Å²) in [5.41, 5.74) is -0.0781. The van der Waals surface area contributed by atoms with Gasteiger partial charge < -0.3 is 10.4 Å². The number of carbonyl (C=O) groups is 1. The Labute approximate surface area is 111 Å². The predicted octanol–water partition coefficient (Wildman–Crippen LogP) is 3.25. The molecule has 0 fully saturated rings. The zero-order valence-corrected chi connectivity index (χ0v) is 10.2. The summed E-state index contributed by atoms with van der Waals surface area (Å²) in [5.74, 6) is -5.27. The van der Waals surface area contributed by atoms with E-state index in [2.05, 4.69) is 10.3 Å². The van der Waals surface area contributed by atoms with E-state index in [4.69, 9.17) is 5.11 Å². The summed E-state index contributed by atoms with van der Waals surface area (Å²) in [6, 6.07) is 4.39. The predicted molar refractivity (Wildman–Crippen MR) is 65.5 cm³/mol. The number of halogens is 3. The maximum atomic E-state index is 13.5. The quantitative estimate of drug-likeness (QED) is 0.848. The van der Waals surface area contributed by atoms with E-state index in [0.29, 0.717) is 0 Å². The van der Waals surface area contributed by atoms with Gasteiger partial charge in [-0.2, -0.15) is 0 Å². The summed E-state index contributed by atoms with van der Waals surface area (Å²) in [4.78, 5) is 14.7. The van der Waals surface area contributed by atoms with Crippen molar-refractivity contribution in [2.24, 2.45) is 0 Å². The molecule has 20 heavy (non-hydrogen) atoms. The molecule has 0 aliphatic heterocycles. The first kappa shape index (κ1) is 13.9. The standard InChI is InChI=1S/C13H9F3N2O2/c1-6-7(13(19)20)2-5-10(17-6)18-9-4-3-8(14)11(15)12(9)16/h2-5H,1H3,(H,17,18)(H,19,20). The second-order valence-electron chi connectivity index (χ2n) is 3.98. The van der Waals surface area contributed by atoms with Crippen LogP contribution in [0.5, 0.6) is 0 Å². The van der Waals surface area contributed by atoms with E-state index in [0.717, 1.165) is 12.1 Å². The number of aromatic nitrogens is 1. The van der Waals surface area contributed by atoms with Crippen molar-refractivity contribution in [1.82, 2.24) is 4.98 Å². The van der Waals surface area contributed by atoms with Crippen molar-refractivity contribution in [2.45, 2.75) is 6.92 Å². The molecule has 2 N–H and O–H groups in total. The van der Waals surface area contributed by atoms with Crippen molar-refractivity contribution in [1.29, 1.82) is 0 Å². The van der Waals surface area contributed by atoms with Crippen LogP contribution in [0.4, 0.5) is 24.7 Å². The van der Waals surface area contributed by atoms with E-state index < -0.39 is 23.4 Å². The minimum absolute atomic E-state index is 0.00121. The highest BCUT2D eigenvalue weighted by molar-refractivity contribution is 5.89. The van der Waals surface area contributed by atoms with Crippen LogP contribution < -0.4 is 5.32 Å². The molecule has 4 nitrogen and oxygen atoms in total. The Morgan fingerprint density at radius 3 is 2.45 bits per heavy atom. The molecule has 0 radical (unpaired) electrons. The lowest BCUT2D eigenvalue weighted by atomic mass is 10.2. The second-order valence-corrected chi connectivity index (χ2v) is 3.98. The molecule has 7 heteroatoms. The highest BCUT2D eigenvalue weighted by atomic mass is 19.2. The fourth-order valence-corrected chi connectivity index (χ4v) is 1.62. The molecule has 104 valence electrons. The van der Waals surface area contributed by atoms with Crippen LogP contribution in [0.15, 0.2) is 24.3 Å². The van der Waals surface area contributed by atoms with Gasteiger partial charge in [-0.05, 0) is 31.2 Å². The fourth-order valence-electron chi connectivity index (χ4n) is 1.62. The molecule has 1 aromatic carbocycles. The number of nitrogens with one attached hydrogen (secondary N) is 1. The molecule has 0 aliphatic rings. The summed E-state index contributed by atoms with van der Waals surface area (Å²) >= 11 is 0. The lowest BCUT2D eigenvalue weighted by molar-refractivity contribution is 0.0695. The van der Waals surface area contributed by atoms with Crippen LogP contribution in [0.2, 0.25) is 0 Å². The zero-order chi connectivity index (χ0) is 14.9. The number of hydrogen-bond donors (Lipinski definition) is 2. The summed E-state index contributed by atoms with van der Waals surface area (Å²) in [6.45, 7) is 1.47. The Bertz CT molecular complexity index is 690. The first-order valence-electron chi connectivity index (χ1n) is 5.51. The molecule has 0 atom stereocenters. The van der Waals surface area contributed by atoms with E-state index in [1.54, 1.807) is 0 Å². The summed E-state index contributed by atoms with van der Waals surface area (Å²) < 4.78 is 39.3. The monoisotopic (exact) mass is 282 g/mol. The molecule has 0 bridgehead atoms. The first-order chi connectivity index (χ1) is 9.40. The van der Waals surface area contributed by atoms with Crippen LogP contribution in [-0.2, 0) is 0 Å². The molecule has 0 saturated carbocycles. The lowest BCUT2D eigenvalue weighted by Crippen LogP contribution is -2.05. The Balaban J connectivity index is 2.34. The van der Waals surface area contributed by atoms with Gasteiger partial charge in [-0.15, -0.1) is 0 Å². The number of anilines is 2. The van der Waals surface area contributed by atoms with Crippen molar-refractivity contribution in [2.75, 3.05) is 5.32 Å². The minimum Gasteiger partial charge on any atom is -0.478 e. The molecule has 2 rings (SSSR count). The van der Waals surface area contributed by atoms with Gasteiger partial charge in [-0.1, -0.05) is 0 Å². The zero-order valence-electron chi connectivity index (χ0n) is 10.2. The van der Waals surface area contributed by atoms with Gasteiger partial charge in [-0.3, -0.25) is 0 Å². The highest BCUT2D eigenvalue weighted by Gasteiger charge is 2.14. The number of pyridine rings is 1. The summed E-state index contributed by atoms with van der Waals surface area (Å²) in [7, 11) is 0. The molecule has 0 spiro atoms. The highest BCUT2D eigenvalue weighted by Crippen LogP contribution is 2.23. The first-order valence-corrected chi connectivity index (χ1v) is 5.51. The number of carboxylic acids is 1. The average Bonchev–Trinajstić information content (AvgIpc) is 2.39. The van der Waals surface area contributed by atoms with Gasteiger partial charge in [0.1, 0.15) is 5.82 Å².